The molecule has 0 aliphatic carbocycles. The summed E-state index contributed by atoms with van der Waals surface area (Å²) in [4.78, 5) is 3.14. The topological polar surface area (TPSA) is 15.3 Å². The van der Waals surface area contributed by atoms with Crippen molar-refractivity contribution in [2.24, 2.45) is 5.92 Å². The minimum atomic E-state index is 0.481. The Balaban J connectivity index is 1.77. The summed E-state index contributed by atoms with van der Waals surface area (Å²) in [5, 5.41) is 3.83. The third kappa shape index (κ3) is 1.50. The van der Waals surface area contributed by atoms with E-state index in [0.717, 1.165) is 5.92 Å². The highest BCUT2D eigenvalue weighted by Crippen LogP contribution is 2.43. The number of rotatable bonds is 0. The molecule has 1 spiro atoms. The average Bonchev–Trinajstić information content (AvgIpc) is 2.27. The molecule has 14 heavy (non-hydrogen) atoms. The summed E-state index contributed by atoms with van der Waals surface area (Å²) in [6.07, 6.45) is 5.62. The van der Waals surface area contributed by atoms with E-state index < -0.39 is 0 Å². The summed E-state index contributed by atoms with van der Waals surface area (Å²) in [7, 11) is 0. The summed E-state index contributed by atoms with van der Waals surface area (Å²) in [5.74, 6) is 2.30. The largest absolute Gasteiger partial charge is 0.303 e. The molecule has 0 radical (unpaired) electrons. The van der Waals surface area contributed by atoms with Gasteiger partial charge in [-0.2, -0.15) is 0 Å². The summed E-state index contributed by atoms with van der Waals surface area (Å²) >= 11 is 2.22. The molecule has 3 heteroatoms. The standard InChI is InChI=1S/C11H20N2S/c1-3-10-9-13(6-1)7-4-11(10)12-5-2-8-14-11/h10,12H,1-9H2. The zero-order valence-corrected chi connectivity index (χ0v) is 9.61. The van der Waals surface area contributed by atoms with Crippen LogP contribution in [0, 0.1) is 5.92 Å². The molecule has 0 aromatic carbocycles. The summed E-state index contributed by atoms with van der Waals surface area (Å²) in [5.41, 5.74) is 0. The smallest absolute Gasteiger partial charge is 0.0698 e. The van der Waals surface area contributed by atoms with Gasteiger partial charge >= 0.3 is 0 Å². The number of fused-ring (bicyclic) bond motifs is 3. The minimum absolute atomic E-state index is 0.481. The van der Waals surface area contributed by atoms with Crippen molar-refractivity contribution in [3.8, 4) is 0 Å². The minimum Gasteiger partial charge on any atom is -0.303 e. The van der Waals surface area contributed by atoms with Crippen LogP contribution in [0.5, 0.6) is 0 Å². The highest BCUT2D eigenvalue weighted by atomic mass is 32.2. The van der Waals surface area contributed by atoms with Gasteiger partial charge in [-0.3, -0.25) is 0 Å². The molecule has 80 valence electrons. The van der Waals surface area contributed by atoms with Crippen LogP contribution in [0.1, 0.15) is 25.7 Å². The highest BCUT2D eigenvalue weighted by molar-refractivity contribution is 8.00. The van der Waals surface area contributed by atoms with Crippen LogP contribution in [0.4, 0.5) is 0 Å². The van der Waals surface area contributed by atoms with E-state index in [1.54, 1.807) is 0 Å². The molecule has 0 saturated carbocycles. The second-order valence-corrected chi connectivity index (χ2v) is 6.33. The Morgan fingerprint density at radius 2 is 2.29 bits per heavy atom. The van der Waals surface area contributed by atoms with Crippen molar-refractivity contribution in [3.05, 3.63) is 0 Å². The van der Waals surface area contributed by atoms with Gasteiger partial charge in [0.15, 0.2) is 0 Å². The van der Waals surface area contributed by atoms with Gasteiger partial charge in [0.1, 0.15) is 0 Å². The molecular formula is C11H20N2S. The van der Waals surface area contributed by atoms with Crippen LogP contribution in [-0.2, 0) is 0 Å². The monoisotopic (exact) mass is 212 g/mol. The molecule has 3 unspecified atom stereocenters. The van der Waals surface area contributed by atoms with E-state index in [-0.39, 0.29) is 0 Å². The third-order valence-electron chi connectivity index (χ3n) is 4.07. The maximum atomic E-state index is 3.83. The normalized spacial score (nSPS) is 48.0. The Kier molecular flexibility index (Phi) is 2.50. The first kappa shape index (κ1) is 9.49. The van der Waals surface area contributed by atoms with Crippen LogP contribution in [0.3, 0.4) is 0 Å². The SMILES string of the molecule is C1CNC2(CCN3CCCC2C3)SC1. The molecule has 3 saturated heterocycles. The van der Waals surface area contributed by atoms with E-state index >= 15 is 0 Å². The quantitative estimate of drug-likeness (QED) is 0.655. The Hall–Kier alpha value is 0.270. The van der Waals surface area contributed by atoms with Crippen molar-refractivity contribution >= 4 is 11.8 Å². The number of thioether (sulfide) groups is 1. The van der Waals surface area contributed by atoms with Gasteiger partial charge in [-0.15, -0.1) is 11.8 Å². The molecule has 3 aliphatic rings. The van der Waals surface area contributed by atoms with E-state index in [1.165, 1.54) is 57.6 Å². The van der Waals surface area contributed by atoms with Gasteiger partial charge in [-0.1, -0.05) is 0 Å². The van der Waals surface area contributed by atoms with Crippen molar-refractivity contribution < 1.29 is 0 Å². The van der Waals surface area contributed by atoms with Gasteiger partial charge in [0.05, 0.1) is 4.87 Å². The lowest BCUT2D eigenvalue weighted by molar-refractivity contribution is 0.0757. The first-order valence-corrected chi connectivity index (χ1v) is 6.99. The molecule has 3 heterocycles. The van der Waals surface area contributed by atoms with Crippen LogP contribution < -0.4 is 5.32 Å². The van der Waals surface area contributed by atoms with E-state index in [0.29, 0.717) is 4.87 Å². The summed E-state index contributed by atoms with van der Waals surface area (Å²) in [6, 6.07) is 0. The van der Waals surface area contributed by atoms with Gasteiger partial charge in [-0.05, 0) is 50.4 Å². The van der Waals surface area contributed by atoms with Gasteiger partial charge in [-0.25, -0.2) is 0 Å². The summed E-state index contributed by atoms with van der Waals surface area (Å²) in [6.45, 7) is 5.30. The molecule has 2 bridgehead atoms. The fourth-order valence-electron chi connectivity index (χ4n) is 3.27. The fourth-order valence-corrected chi connectivity index (χ4v) is 4.79. The average molecular weight is 212 g/mol. The van der Waals surface area contributed by atoms with E-state index in [2.05, 4.69) is 22.0 Å². The Morgan fingerprint density at radius 3 is 3.14 bits per heavy atom. The maximum Gasteiger partial charge on any atom is 0.0698 e. The van der Waals surface area contributed by atoms with Gasteiger partial charge < -0.3 is 10.2 Å². The van der Waals surface area contributed by atoms with Crippen LogP contribution in [0.2, 0.25) is 0 Å². The second kappa shape index (κ2) is 3.69. The van der Waals surface area contributed by atoms with Crippen LogP contribution in [0.25, 0.3) is 0 Å². The third-order valence-corrected chi connectivity index (χ3v) is 5.76. The van der Waals surface area contributed by atoms with Gasteiger partial charge in [0.25, 0.3) is 0 Å². The zero-order chi connectivity index (χ0) is 9.43. The number of nitrogens with zero attached hydrogens (tertiary/aromatic N) is 1. The lowest BCUT2D eigenvalue weighted by atomic mass is 9.84. The predicted molar refractivity (Wildman–Crippen MR) is 61.6 cm³/mol. The van der Waals surface area contributed by atoms with Gasteiger partial charge in [0, 0.05) is 13.1 Å². The molecule has 0 aromatic heterocycles. The number of hydrogen-bond acceptors (Lipinski definition) is 3. The molecule has 2 nitrogen and oxygen atoms in total. The zero-order valence-electron chi connectivity index (χ0n) is 8.80. The van der Waals surface area contributed by atoms with Crippen LogP contribution in [-0.4, -0.2) is 41.7 Å². The Bertz CT molecular complexity index is 213. The summed E-state index contributed by atoms with van der Waals surface area (Å²) < 4.78 is 0. The predicted octanol–water partition coefficient (Wildman–Crippen LogP) is 1.52. The molecule has 1 N–H and O–H groups in total. The fraction of sp³-hybridized carbons (Fsp3) is 1.00. The van der Waals surface area contributed by atoms with Crippen molar-refractivity contribution in [1.82, 2.24) is 10.2 Å². The molecule has 0 aromatic rings. The molecule has 3 fully saturated rings. The maximum absolute atomic E-state index is 3.83. The first-order chi connectivity index (χ1) is 6.89. The Labute approximate surface area is 90.8 Å². The molecular weight excluding hydrogens is 192 g/mol. The molecule has 3 aliphatic heterocycles. The van der Waals surface area contributed by atoms with Crippen molar-refractivity contribution in [2.45, 2.75) is 30.6 Å². The Morgan fingerprint density at radius 1 is 1.29 bits per heavy atom. The number of hydrogen-bond donors (Lipinski definition) is 1. The van der Waals surface area contributed by atoms with Crippen molar-refractivity contribution in [1.29, 1.82) is 0 Å². The lowest BCUT2D eigenvalue weighted by Gasteiger charge is -2.52. The van der Waals surface area contributed by atoms with E-state index in [9.17, 15) is 0 Å². The molecule has 3 atom stereocenters. The van der Waals surface area contributed by atoms with E-state index in [4.69, 9.17) is 0 Å². The first-order valence-electron chi connectivity index (χ1n) is 6.00. The molecule has 0 amide bonds. The number of piperidine rings is 2. The molecule has 3 rings (SSSR count). The lowest BCUT2D eigenvalue weighted by Crippen LogP contribution is -2.61. The van der Waals surface area contributed by atoms with Crippen molar-refractivity contribution in [3.63, 3.8) is 0 Å². The van der Waals surface area contributed by atoms with Gasteiger partial charge in [0.2, 0.25) is 0 Å². The van der Waals surface area contributed by atoms with E-state index in [1.807, 2.05) is 0 Å². The second-order valence-electron chi connectivity index (χ2n) is 4.91. The van der Waals surface area contributed by atoms with Crippen LogP contribution >= 0.6 is 11.8 Å². The van der Waals surface area contributed by atoms with Crippen molar-refractivity contribution in [2.75, 3.05) is 31.9 Å². The van der Waals surface area contributed by atoms with Crippen LogP contribution in [0.15, 0.2) is 0 Å². The highest BCUT2D eigenvalue weighted by Gasteiger charge is 2.45. The number of nitrogens with one attached hydrogen (secondary N) is 1.